The molecule has 0 aromatic carbocycles. The van der Waals surface area contributed by atoms with E-state index in [0.717, 1.165) is 52.2 Å². The molecule has 6 nitrogen and oxygen atoms in total. The topological polar surface area (TPSA) is 50.6 Å². The third-order valence-corrected chi connectivity index (χ3v) is 5.18. The molecule has 2 aliphatic heterocycles. The lowest BCUT2D eigenvalue weighted by atomic mass is 9.79. The van der Waals surface area contributed by atoms with Crippen LogP contribution in [0.1, 0.15) is 37.2 Å². The number of imidazole rings is 1. The minimum absolute atomic E-state index is 0.0628. The van der Waals surface area contributed by atoms with Crippen molar-refractivity contribution in [2.45, 2.75) is 32.7 Å². The van der Waals surface area contributed by atoms with Crippen LogP contribution >= 0.6 is 0 Å². The molecule has 23 heavy (non-hydrogen) atoms. The second-order valence-corrected chi connectivity index (χ2v) is 7.34. The predicted octanol–water partition coefficient (Wildman–Crippen LogP) is 1.38. The largest absolute Gasteiger partial charge is 0.379 e. The summed E-state index contributed by atoms with van der Waals surface area (Å²) in [5.41, 5.74) is 0.727. The van der Waals surface area contributed by atoms with Gasteiger partial charge in [-0.15, -0.1) is 0 Å². The highest BCUT2D eigenvalue weighted by molar-refractivity contribution is 5.92. The molecule has 3 heterocycles. The summed E-state index contributed by atoms with van der Waals surface area (Å²) in [5, 5.41) is 0. The van der Waals surface area contributed by atoms with Crippen LogP contribution < -0.4 is 0 Å². The van der Waals surface area contributed by atoms with Crippen LogP contribution in [-0.4, -0.2) is 70.7 Å². The Bertz CT molecular complexity index is 557. The minimum atomic E-state index is 0.0628. The molecule has 1 spiro atoms. The van der Waals surface area contributed by atoms with E-state index in [4.69, 9.17) is 4.74 Å². The molecule has 2 saturated heterocycles. The highest BCUT2D eigenvalue weighted by Crippen LogP contribution is 2.34. The van der Waals surface area contributed by atoms with Gasteiger partial charge < -0.3 is 14.2 Å². The summed E-state index contributed by atoms with van der Waals surface area (Å²) in [4.78, 5) is 21.4. The average molecular weight is 320 g/mol. The number of nitrogens with zero attached hydrogens (tertiary/aromatic N) is 4. The molecule has 0 bridgehead atoms. The SMILES string of the molecule is CC(C)N1CCOC[C@@]2(CCCN(C(=O)c3cncn3C)C2)C1. The Kier molecular flexibility index (Phi) is 4.73. The van der Waals surface area contributed by atoms with E-state index in [2.05, 4.69) is 23.7 Å². The first-order valence-corrected chi connectivity index (χ1v) is 8.58. The molecule has 0 saturated carbocycles. The lowest BCUT2D eigenvalue weighted by molar-refractivity contribution is 0.00536. The smallest absolute Gasteiger partial charge is 0.272 e. The quantitative estimate of drug-likeness (QED) is 0.826. The Morgan fingerprint density at radius 1 is 1.35 bits per heavy atom. The van der Waals surface area contributed by atoms with E-state index < -0.39 is 0 Å². The summed E-state index contributed by atoms with van der Waals surface area (Å²) in [6.45, 7) is 9.62. The van der Waals surface area contributed by atoms with E-state index in [-0.39, 0.29) is 11.3 Å². The molecule has 0 radical (unpaired) electrons. The van der Waals surface area contributed by atoms with Gasteiger partial charge in [0.15, 0.2) is 0 Å². The molecule has 1 aromatic heterocycles. The number of rotatable bonds is 2. The zero-order valence-electron chi connectivity index (χ0n) is 14.5. The molecule has 1 amide bonds. The van der Waals surface area contributed by atoms with Crippen molar-refractivity contribution in [1.82, 2.24) is 19.4 Å². The number of carbonyl (C=O) groups is 1. The zero-order valence-corrected chi connectivity index (χ0v) is 14.5. The van der Waals surface area contributed by atoms with Gasteiger partial charge in [-0.2, -0.15) is 0 Å². The molecule has 0 N–H and O–H groups in total. The van der Waals surface area contributed by atoms with E-state index in [1.54, 1.807) is 17.1 Å². The van der Waals surface area contributed by atoms with Gasteiger partial charge in [0.2, 0.25) is 0 Å². The molecule has 1 aromatic rings. The average Bonchev–Trinajstić information content (AvgIpc) is 2.85. The van der Waals surface area contributed by atoms with Gasteiger partial charge in [0.05, 0.1) is 25.7 Å². The van der Waals surface area contributed by atoms with Crippen molar-refractivity contribution in [2.24, 2.45) is 12.5 Å². The first-order chi connectivity index (χ1) is 11.0. The molecular weight excluding hydrogens is 292 g/mol. The summed E-state index contributed by atoms with van der Waals surface area (Å²) in [6.07, 6.45) is 5.51. The first kappa shape index (κ1) is 16.5. The monoisotopic (exact) mass is 320 g/mol. The number of carbonyl (C=O) groups excluding carboxylic acids is 1. The van der Waals surface area contributed by atoms with Gasteiger partial charge in [-0.25, -0.2) is 4.98 Å². The van der Waals surface area contributed by atoms with Crippen molar-refractivity contribution >= 4 is 5.91 Å². The molecule has 2 aliphatic rings. The molecule has 1 atom stereocenters. The first-order valence-electron chi connectivity index (χ1n) is 8.58. The maximum absolute atomic E-state index is 12.8. The maximum atomic E-state index is 12.8. The number of likely N-dealkylation sites (tertiary alicyclic amines) is 1. The van der Waals surface area contributed by atoms with Crippen LogP contribution in [0.15, 0.2) is 12.5 Å². The molecule has 6 heteroatoms. The van der Waals surface area contributed by atoms with Crippen molar-refractivity contribution in [3.05, 3.63) is 18.2 Å². The van der Waals surface area contributed by atoms with Gasteiger partial charge in [-0.3, -0.25) is 9.69 Å². The Morgan fingerprint density at radius 3 is 2.87 bits per heavy atom. The third-order valence-electron chi connectivity index (χ3n) is 5.18. The molecule has 0 aliphatic carbocycles. The second-order valence-electron chi connectivity index (χ2n) is 7.34. The van der Waals surface area contributed by atoms with Crippen LogP contribution in [0.5, 0.6) is 0 Å². The van der Waals surface area contributed by atoms with Crippen molar-refractivity contribution in [2.75, 3.05) is 39.4 Å². The van der Waals surface area contributed by atoms with Gasteiger partial charge in [0, 0.05) is 44.7 Å². The number of hydrogen-bond acceptors (Lipinski definition) is 4. The van der Waals surface area contributed by atoms with Crippen molar-refractivity contribution in [3.8, 4) is 0 Å². The molecule has 0 unspecified atom stereocenters. The Labute approximate surface area is 138 Å². The van der Waals surface area contributed by atoms with E-state index >= 15 is 0 Å². The van der Waals surface area contributed by atoms with Gasteiger partial charge in [-0.05, 0) is 26.7 Å². The molecule has 128 valence electrons. The zero-order chi connectivity index (χ0) is 16.4. The van der Waals surface area contributed by atoms with Crippen molar-refractivity contribution in [3.63, 3.8) is 0 Å². The number of ether oxygens (including phenoxy) is 1. The van der Waals surface area contributed by atoms with Crippen LogP contribution in [-0.2, 0) is 11.8 Å². The van der Waals surface area contributed by atoms with Gasteiger partial charge in [-0.1, -0.05) is 0 Å². The summed E-state index contributed by atoms with van der Waals surface area (Å²) in [5.74, 6) is 0.0874. The Morgan fingerprint density at radius 2 is 2.17 bits per heavy atom. The number of aromatic nitrogens is 2. The standard InChI is InChI=1S/C17H28N4O2/c1-14(2)20-7-8-23-12-17(10-20)5-4-6-21(11-17)16(22)15-9-18-13-19(15)3/h9,13-14H,4-8,10-12H2,1-3H3/t17-/m0/s1. The van der Waals surface area contributed by atoms with Crippen LogP contribution in [0, 0.1) is 5.41 Å². The van der Waals surface area contributed by atoms with Crippen LogP contribution in [0.2, 0.25) is 0 Å². The van der Waals surface area contributed by atoms with Crippen LogP contribution in [0.3, 0.4) is 0 Å². The van der Waals surface area contributed by atoms with Gasteiger partial charge in [0.25, 0.3) is 5.91 Å². The third kappa shape index (κ3) is 3.43. The lowest BCUT2D eigenvalue weighted by Crippen LogP contribution is -2.53. The summed E-state index contributed by atoms with van der Waals surface area (Å²) < 4.78 is 7.71. The molecular formula is C17H28N4O2. The van der Waals surface area contributed by atoms with E-state index in [9.17, 15) is 4.79 Å². The van der Waals surface area contributed by atoms with Crippen molar-refractivity contribution in [1.29, 1.82) is 0 Å². The molecule has 2 fully saturated rings. The van der Waals surface area contributed by atoms with Crippen molar-refractivity contribution < 1.29 is 9.53 Å². The minimum Gasteiger partial charge on any atom is -0.379 e. The number of hydrogen-bond donors (Lipinski definition) is 0. The summed E-state index contributed by atoms with van der Waals surface area (Å²) in [7, 11) is 1.87. The Hall–Kier alpha value is -1.40. The van der Waals surface area contributed by atoms with Crippen LogP contribution in [0.4, 0.5) is 0 Å². The van der Waals surface area contributed by atoms with E-state index in [0.29, 0.717) is 11.7 Å². The summed E-state index contributed by atoms with van der Waals surface area (Å²) >= 11 is 0. The summed E-state index contributed by atoms with van der Waals surface area (Å²) in [6, 6.07) is 0.511. The highest BCUT2D eigenvalue weighted by Gasteiger charge is 2.41. The fraction of sp³-hybridized carbons (Fsp3) is 0.765. The number of piperidine rings is 1. The normalized spacial score (nSPS) is 26.7. The lowest BCUT2D eigenvalue weighted by Gasteiger charge is -2.44. The Balaban J connectivity index is 1.76. The fourth-order valence-electron chi connectivity index (χ4n) is 3.82. The van der Waals surface area contributed by atoms with E-state index in [1.165, 1.54) is 0 Å². The maximum Gasteiger partial charge on any atom is 0.272 e. The number of amides is 1. The highest BCUT2D eigenvalue weighted by atomic mass is 16.5. The van der Waals surface area contributed by atoms with E-state index in [1.807, 2.05) is 11.9 Å². The van der Waals surface area contributed by atoms with Gasteiger partial charge >= 0.3 is 0 Å². The second kappa shape index (κ2) is 6.61. The number of aryl methyl sites for hydroxylation is 1. The molecule has 3 rings (SSSR count). The fourth-order valence-corrected chi connectivity index (χ4v) is 3.82. The van der Waals surface area contributed by atoms with Gasteiger partial charge in [0.1, 0.15) is 5.69 Å². The van der Waals surface area contributed by atoms with Crippen LogP contribution in [0.25, 0.3) is 0 Å². The predicted molar refractivity (Wildman–Crippen MR) is 88.3 cm³/mol.